The van der Waals surface area contributed by atoms with Gasteiger partial charge in [-0.3, -0.25) is 0 Å². The highest BCUT2D eigenvalue weighted by molar-refractivity contribution is 5.92. The molecule has 0 aliphatic heterocycles. The minimum Gasteiger partial charge on any atom is -0.478 e. The Kier molecular flexibility index (Phi) is 3.35. The molecular formula is C15H12FN3O2. The van der Waals surface area contributed by atoms with Crippen LogP contribution in [0.1, 0.15) is 15.9 Å². The van der Waals surface area contributed by atoms with Gasteiger partial charge in [0.05, 0.1) is 11.1 Å². The maximum absolute atomic E-state index is 12.8. The van der Waals surface area contributed by atoms with E-state index in [2.05, 4.69) is 10.3 Å². The number of carboxylic acids is 1. The van der Waals surface area contributed by atoms with E-state index in [0.717, 1.165) is 11.1 Å². The summed E-state index contributed by atoms with van der Waals surface area (Å²) >= 11 is 0. The van der Waals surface area contributed by atoms with E-state index in [1.165, 1.54) is 24.3 Å². The van der Waals surface area contributed by atoms with Crippen molar-refractivity contribution >= 4 is 17.0 Å². The fourth-order valence-corrected chi connectivity index (χ4v) is 2.16. The molecule has 0 fully saturated rings. The summed E-state index contributed by atoms with van der Waals surface area (Å²) in [5, 5.41) is 16.9. The standard InChI is InChI=1S/C15H12FN3O2/c16-12-4-1-10(2-5-12)7-8-19-14-6-3-11(15(20)21)9-13(14)17-18-19/h1-6,9H,7-8H2,(H,20,21). The molecule has 1 heterocycles. The van der Waals surface area contributed by atoms with E-state index in [9.17, 15) is 9.18 Å². The number of nitrogens with zero attached hydrogens (tertiary/aromatic N) is 3. The average Bonchev–Trinajstić information content (AvgIpc) is 2.89. The first-order valence-electron chi connectivity index (χ1n) is 6.44. The highest BCUT2D eigenvalue weighted by Gasteiger charge is 2.09. The number of halogens is 1. The van der Waals surface area contributed by atoms with Gasteiger partial charge in [-0.1, -0.05) is 17.3 Å². The van der Waals surface area contributed by atoms with Gasteiger partial charge in [-0.05, 0) is 42.3 Å². The third-order valence-corrected chi connectivity index (χ3v) is 3.29. The van der Waals surface area contributed by atoms with Gasteiger partial charge in [0.1, 0.15) is 11.3 Å². The van der Waals surface area contributed by atoms with Crippen LogP contribution in [0.25, 0.3) is 11.0 Å². The van der Waals surface area contributed by atoms with E-state index in [4.69, 9.17) is 5.11 Å². The lowest BCUT2D eigenvalue weighted by Gasteiger charge is -2.03. The number of rotatable bonds is 4. The normalized spacial score (nSPS) is 10.9. The molecule has 0 unspecified atom stereocenters. The number of hydrogen-bond donors (Lipinski definition) is 1. The van der Waals surface area contributed by atoms with Gasteiger partial charge < -0.3 is 5.11 Å². The van der Waals surface area contributed by atoms with Crippen molar-refractivity contribution in [1.82, 2.24) is 15.0 Å². The first-order chi connectivity index (χ1) is 10.1. The van der Waals surface area contributed by atoms with Crippen molar-refractivity contribution in [3.63, 3.8) is 0 Å². The number of carbonyl (C=O) groups is 1. The van der Waals surface area contributed by atoms with E-state index >= 15 is 0 Å². The minimum atomic E-state index is -0.988. The van der Waals surface area contributed by atoms with E-state index in [1.807, 2.05) is 0 Å². The van der Waals surface area contributed by atoms with E-state index in [-0.39, 0.29) is 11.4 Å². The molecule has 0 amide bonds. The Labute approximate surface area is 119 Å². The van der Waals surface area contributed by atoms with Crippen LogP contribution in [0.2, 0.25) is 0 Å². The van der Waals surface area contributed by atoms with Crippen LogP contribution in [0.3, 0.4) is 0 Å². The Hall–Kier alpha value is -2.76. The van der Waals surface area contributed by atoms with Crippen molar-refractivity contribution in [1.29, 1.82) is 0 Å². The van der Waals surface area contributed by atoms with Crippen molar-refractivity contribution in [3.05, 3.63) is 59.4 Å². The second kappa shape index (κ2) is 5.32. The van der Waals surface area contributed by atoms with Crippen molar-refractivity contribution in [3.8, 4) is 0 Å². The number of aromatic nitrogens is 3. The Morgan fingerprint density at radius 2 is 1.95 bits per heavy atom. The molecule has 1 N–H and O–H groups in total. The molecule has 0 aliphatic carbocycles. The zero-order chi connectivity index (χ0) is 14.8. The van der Waals surface area contributed by atoms with E-state index in [0.29, 0.717) is 18.5 Å². The third-order valence-electron chi connectivity index (χ3n) is 3.29. The van der Waals surface area contributed by atoms with Gasteiger partial charge in [0, 0.05) is 6.54 Å². The average molecular weight is 285 g/mol. The van der Waals surface area contributed by atoms with Gasteiger partial charge in [-0.25, -0.2) is 13.9 Å². The molecule has 0 bridgehead atoms. The van der Waals surface area contributed by atoms with Gasteiger partial charge in [-0.15, -0.1) is 5.10 Å². The van der Waals surface area contributed by atoms with Crippen LogP contribution in [0, 0.1) is 5.82 Å². The lowest BCUT2D eigenvalue weighted by atomic mass is 10.1. The SMILES string of the molecule is O=C(O)c1ccc2c(c1)nnn2CCc1ccc(F)cc1. The second-order valence-corrected chi connectivity index (χ2v) is 4.70. The first kappa shape index (κ1) is 13.2. The maximum atomic E-state index is 12.8. The lowest BCUT2D eigenvalue weighted by Crippen LogP contribution is -2.03. The summed E-state index contributed by atoms with van der Waals surface area (Å²) in [7, 11) is 0. The van der Waals surface area contributed by atoms with Gasteiger partial charge in [-0.2, -0.15) is 0 Å². The molecule has 3 aromatic rings. The van der Waals surface area contributed by atoms with Gasteiger partial charge in [0.15, 0.2) is 0 Å². The summed E-state index contributed by atoms with van der Waals surface area (Å²) in [5.41, 5.74) is 2.52. The number of benzene rings is 2. The predicted octanol–water partition coefficient (Wildman–Crippen LogP) is 2.51. The summed E-state index contributed by atoms with van der Waals surface area (Å²) in [6.45, 7) is 0.592. The highest BCUT2D eigenvalue weighted by Crippen LogP contribution is 2.14. The predicted molar refractivity (Wildman–Crippen MR) is 74.6 cm³/mol. The van der Waals surface area contributed by atoms with Crippen molar-refractivity contribution < 1.29 is 14.3 Å². The topological polar surface area (TPSA) is 68.0 Å². The number of carboxylic acid groups (broad SMARTS) is 1. The zero-order valence-corrected chi connectivity index (χ0v) is 11.0. The fourth-order valence-electron chi connectivity index (χ4n) is 2.16. The molecule has 106 valence electrons. The number of fused-ring (bicyclic) bond motifs is 1. The molecular weight excluding hydrogens is 273 g/mol. The molecule has 0 spiro atoms. The summed E-state index contributed by atoms with van der Waals surface area (Å²) in [6, 6.07) is 11.0. The molecule has 1 aromatic heterocycles. The Morgan fingerprint density at radius 3 is 2.67 bits per heavy atom. The number of aryl methyl sites for hydroxylation is 2. The summed E-state index contributed by atoms with van der Waals surface area (Å²) < 4.78 is 14.5. The van der Waals surface area contributed by atoms with Crippen molar-refractivity contribution in [2.45, 2.75) is 13.0 Å². The first-order valence-corrected chi connectivity index (χ1v) is 6.44. The summed E-state index contributed by atoms with van der Waals surface area (Å²) in [4.78, 5) is 10.9. The quantitative estimate of drug-likeness (QED) is 0.799. The number of hydrogen-bond acceptors (Lipinski definition) is 3. The van der Waals surface area contributed by atoms with Crippen LogP contribution in [-0.4, -0.2) is 26.1 Å². The summed E-state index contributed by atoms with van der Waals surface area (Å²) in [5.74, 6) is -1.25. The van der Waals surface area contributed by atoms with Gasteiger partial charge in [0.25, 0.3) is 0 Å². The molecule has 0 atom stereocenters. The molecule has 2 aromatic carbocycles. The maximum Gasteiger partial charge on any atom is 0.335 e. The van der Waals surface area contributed by atoms with Gasteiger partial charge in [0.2, 0.25) is 0 Å². The molecule has 0 radical (unpaired) electrons. The molecule has 0 saturated carbocycles. The Balaban J connectivity index is 1.81. The van der Waals surface area contributed by atoms with Crippen LogP contribution >= 0.6 is 0 Å². The largest absolute Gasteiger partial charge is 0.478 e. The van der Waals surface area contributed by atoms with E-state index < -0.39 is 5.97 Å². The van der Waals surface area contributed by atoms with Crippen LogP contribution < -0.4 is 0 Å². The zero-order valence-electron chi connectivity index (χ0n) is 11.0. The van der Waals surface area contributed by atoms with Crippen LogP contribution in [0.5, 0.6) is 0 Å². The number of aromatic carboxylic acids is 1. The van der Waals surface area contributed by atoms with Crippen LogP contribution in [0.4, 0.5) is 4.39 Å². The van der Waals surface area contributed by atoms with Crippen LogP contribution in [0.15, 0.2) is 42.5 Å². The monoisotopic (exact) mass is 285 g/mol. The van der Waals surface area contributed by atoms with E-state index in [1.54, 1.807) is 22.9 Å². The van der Waals surface area contributed by atoms with Crippen molar-refractivity contribution in [2.24, 2.45) is 0 Å². The molecule has 21 heavy (non-hydrogen) atoms. The molecule has 0 aliphatic rings. The Bertz CT molecular complexity index is 796. The summed E-state index contributed by atoms with van der Waals surface area (Å²) in [6.07, 6.45) is 0.694. The fraction of sp³-hybridized carbons (Fsp3) is 0.133. The molecule has 0 saturated heterocycles. The lowest BCUT2D eigenvalue weighted by molar-refractivity contribution is 0.0697. The smallest absolute Gasteiger partial charge is 0.335 e. The molecule has 5 nitrogen and oxygen atoms in total. The minimum absolute atomic E-state index is 0.188. The van der Waals surface area contributed by atoms with Gasteiger partial charge >= 0.3 is 5.97 Å². The van der Waals surface area contributed by atoms with Crippen molar-refractivity contribution in [2.75, 3.05) is 0 Å². The highest BCUT2D eigenvalue weighted by atomic mass is 19.1. The molecule has 6 heteroatoms. The third kappa shape index (κ3) is 2.74. The molecule has 3 rings (SSSR count). The van der Waals surface area contributed by atoms with Crippen LogP contribution in [-0.2, 0) is 13.0 Å². The second-order valence-electron chi connectivity index (χ2n) is 4.70. The Morgan fingerprint density at radius 1 is 1.19 bits per heavy atom.